The fourth-order valence-electron chi connectivity index (χ4n) is 3.36. The van der Waals surface area contributed by atoms with Crippen molar-refractivity contribution < 1.29 is 9.13 Å². The van der Waals surface area contributed by atoms with Crippen LogP contribution in [0.25, 0.3) is 0 Å². The van der Waals surface area contributed by atoms with E-state index in [1.165, 1.54) is 6.07 Å². The quantitative estimate of drug-likeness (QED) is 0.754. The molecule has 3 aliphatic heterocycles. The molecule has 3 aliphatic rings. The molecule has 2 N–H and O–H groups in total. The van der Waals surface area contributed by atoms with E-state index in [4.69, 9.17) is 4.74 Å². The van der Waals surface area contributed by atoms with Gasteiger partial charge in [0.1, 0.15) is 29.3 Å². The van der Waals surface area contributed by atoms with Crippen LogP contribution in [-0.2, 0) is 0 Å². The van der Waals surface area contributed by atoms with E-state index in [0.29, 0.717) is 24.5 Å². The number of hydrazine groups is 1. The molecule has 6 nitrogen and oxygen atoms in total. The van der Waals surface area contributed by atoms with Gasteiger partial charge in [-0.15, -0.1) is 0 Å². The van der Waals surface area contributed by atoms with Gasteiger partial charge in [0.05, 0.1) is 19.2 Å². The van der Waals surface area contributed by atoms with Gasteiger partial charge in [-0.3, -0.25) is 20.4 Å². The monoisotopic (exact) mass is 343 g/mol. The molecular formula is C18H22FN5O. The normalized spacial score (nSPS) is 25.9. The highest BCUT2D eigenvalue weighted by molar-refractivity contribution is 6.07. The number of hydrogen-bond donors (Lipinski definition) is 2. The summed E-state index contributed by atoms with van der Waals surface area (Å²) in [7, 11) is 0. The lowest BCUT2D eigenvalue weighted by Crippen LogP contribution is -2.48. The third-order valence-corrected chi connectivity index (χ3v) is 4.57. The zero-order valence-electron chi connectivity index (χ0n) is 14.2. The van der Waals surface area contributed by atoms with E-state index < -0.39 is 0 Å². The van der Waals surface area contributed by atoms with Gasteiger partial charge in [-0.25, -0.2) is 4.39 Å². The number of nitrogens with zero attached hydrogens (tertiary/aromatic N) is 3. The Bertz CT molecular complexity index is 745. The van der Waals surface area contributed by atoms with E-state index in [1.807, 2.05) is 24.1 Å². The second-order valence-electron chi connectivity index (χ2n) is 6.39. The van der Waals surface area contributed by atoms with Gasteiger partial charge in [0.25, 0.3) is 0 Å². The fraction of sp³-hybridized carbons (Fsp3) is 0.444. The van der Waals surface area contributed by atoms with Gasteiger partial charge in [-0.2, -0.15) is 0 Å². The average molecular weight is 343 g/mol. The maximum absolute atomic E-state index is 14.6. The van der Waals surface area contributed by atoms with Crippen LogP contribution in [-0.4, -0.2) is 49.0 Å². The molecule has 2 unspecified atom stereocenters. The molecule has 0 aliphatic carbocycles. The molecule has 0 saturated heterocycles. The molecule has 0 radical (unpaired) electrons. The van der Waals surface area contributed by atoms with Crippen molar-refractivity contribution in [3.63, 3.8) is 0 Å². The largest absolute Gasteiger partial charge is 0.494 e. The van der Waals surface area contributed by atoms with E-state index in [2.05, 4.69) is 20.7 Å². The Morgan fingerprint density at radius 2 is 2.20 bits per heavy atom. The van der Waals surface area contributed by atoms with Crippen molar-refractivity contribution in [2.45, 2.75) is 25.4 Å². The minimum atomic E-state index is -0.249. The van der Waals surface area contributed by atoms with Gasteiger partial charge in [0.15, 0.2) is 0 Å². The van der Waals surface area contributed by atoms with Crippen molar-refractivity contribution in [2.24, 2.45) is 9.98 Å². The molecule has 132 valence electrons. The summed E-state index contributed by atoms with van der Waals surface area (Å²) in [6.45, 7) is 4.94. The number of fused-ring (bicyclic) bond motifs is 4. The summed E-state index contributed by atoms with van der Waals surface area (Å²) < 4.78 is 20.4. The Hall–Kier alpha value is -2.41. The molecular weight excluding hydrogens is 321 g/mol. The van der Waals surface area contributed by atoms with E-state index in [9.17, 15) is 4.39 Å². The van der Waals surface area contributed by atoms with Crippen LogP contribution >= 0.6 is 0 Å². The average Bonchev–Trinajstić information content (AvgIpc) is 2.93. The Balaban J connectivity index is 1.71. The van der Waals surface area contributed by atoms with E-state index >= 15 is 0 Å². The summed E-state index contributed by atoms with van der Waals surface area (Å²) in [6, 6.07) is 4.63. The summed E-state index contributed by atoms with van der Waals surface area (Å²) in [5.74, 6) is 2.00. The first-order valence-electron chi connectivity index (χ1n) is 8.71. The third kappa shape index (κ3) is 3.24. The molecule has 0 aromatic heterocycles. The van der Waals surface area contributed by atoms with Crippen LogP contribution in [0, 0.1) is 5.82 Å². The van der Waals surface area contributed by atoms with E-state index in [1.54, 1.807) is 12.1 Å². The lowest BCUT2D eigenvalue weighted by Gasteiger charge is -2.32. The van der Waals surface area contributed by atoms with Gasteiger partial charge in [-0.1, -0.05) is 0 Å². The number of aliphatic imine (C=N–C) groups is 2. The van der Waals surface area contributed by atoms with E-state index in [0.717, 1.165) is 31.2 Å². The van der Waals surface area contributed by atoms with Crippen LogP contribution < -0.4 is 15.5 Å². The molecule has 0 saturated carbocycles. The lowest BCUT2D eigenvalue weighted by molar-refractivity contribution is 0.271. The molecule has 7 heteroatoms. The first-order chi connectivity index (χ1) is 12.2. The molecule has 1 aromatic carbocycles. The van der Waals surface area contributed by atoms with Crippen molar-refractivity contribution in [3.05, 3.63) is 41.7 Å². The first kappa shape index (κ1) is 16.1. The lowest BCUT2D eigenvalue weighted by atomic mass is 10.0. The first-order valence-corrected chi connectivity index (χ1v) is 8.71. The van der Waals surface area contributed by atoms with Crippen LogP contribution in [0.4, 0.5) is 4.39 Å². The third-order valence-electron chi connectivity index (χ3n) is 4.57. The molecule has 1 aromatic rings. The van der Waals surface area contributed by atoms with Crippen LogP contribution in [0.1, 0.15) is 24.9 Å². The van der Waals surface area contributed by atoms with Gasteiger partial charge >= 0.3 is 0 Å². The highest BCUT2D eigenvalue weighted by Crippen LogP contribution is 2.35. The Morgan fingerprint density at radius 3 is 3.12 bits per heavy atom. The maximum atomic E-state index is 14.6. The molecule has 3 heterocycles. The van der Waals surface area contributed by atoms with Crippen LogP contribution in [0.3, 0.4) is 0 Å². The standard InChI is InChI=1S/C18H22FN5O/c1-12-18-14-11-13(3-4-15(14)19)25-10-2-7-20-8-9-21-16-5-6-17(22-12)24(18)23-16/h3-6,11-12,18,20H,2,7-10H2,1H3,(H,21,23). The van der Waals surface area contributed by atoms with Crippen molar-refractivity contribution in [1.82, 2.24) is 15.8 Å². The van der Waals surface area contributed by atoms with Crippen LogP contribution in [0.2, 0.25) is 0 Å². The zero-order valence-corrected chi connectivity index (χ0v) is 14.2. The van der Waals surface area contributed by atoms with Crippen molar-refractivity contribution in [2.75, 3.05) is 26.2 Å². The van der Waals surface area contributed by atoms with Gasteiger partial charge < -0.3 is 10.1 Å². The topological polar surface area (TPSA) is 61.3 Å². The second kappa shape index (κ2) is 6.84. The summed E-state index contributed by atoms with van der Waals surface area (Å²) in [4.78, 5) is 9.21. The van der Waals surface area contributed by atoms with Crippen molar-refractivity contribution in [1.29, 1.82) is 0 Å². The van der Waals surface area contributed by atoms with Crippen molar-refractivity contribution in [3.8, 4) is 5.75 Å². The minimum absolute atomic E-state index is 0.0754. The molecule has 0 fully saturated rings. The summed E-state index contributed by atoms with van der Waals surface area (Å²) in [6.07, 6.45) is 4.73. The summed E-state index contributed by atoms with van der Waals surface area (Å²) >= 11 is 0. The molecule has 0 spiro atoms. The molecule has 0 amide bonds. The molecule has 4 bridgehead atoms. The van der Waals surface area contributed by atoms with Crippen LogP contribution in [0.15, 0.2) is 40.3 Å². The fourth-order valence-corrected chi connectivity index (χ4v) is 3.36. The Kier molecular flexibility index (Phi) is 4.40. The highest BCUT2D eigenvalue weighted by Gasteiger charge is 2.37. The van der Waals surface area contributed by atoms with Crippen molar-refractivity contribution >= 4 is 11.7 Å². The predicted octanol–water partition coefficient (Wildman–Crippen LogP) is 1.81. The molecule has 4 rings (SSSR count). The summed E-state index contributed by atoms with van der Waals surface area (Å²) in [5.41, 5.74) is 3.86. The number of benzene rings is 1. The van der Waals surface area contributed by atoms with Gasteiger partial charge in [0, 0.05) is 12.1 Å². The number of hydrogen-bond acceptors (Lipinski definition) is 6. The number of rotatable bonds is 0. The molecule has 2 atom stereocenters. The summed E-state index contributed by atoms with van der Waals surface area (Å²) in [5, 5.41) is 5.25. The Morgan fingerprint density at radius 1 is 1.28 bits per heavy atom. The number of amidine groups is 2. The number of halogens is 1. The Labute approximate surface area is 146 Å². The van der Waals surface area contributed by atoms with Gasteiger partial charge in [0.2, 0.25) is 0 Å². The minimum Gasteiger partial charge on any atom is -0.494 e. The SMILES string of the molecule is CC1N=C2C=CC3=NCCNCCCOc4ccc(F)c(c4)C1N2N3. The van der Waals surface area contributed by atoms with Gasteiger partial charge in [-0.05, 0) is 50.2 Å². The number of ether oxygens (including phenoxy) is 1. The van der Waals surface area contributed by atoms with E-state index in [-0.39, 0.29) is 17.9 Å². The number of nitrogens with one attached hydrogen (secondary N) is 2. The zero-order chi connectivity index (χ0) is 17.2. The maximum Gasteiger partial charge on any atom is 0.143 e. The highest BCUT2D eigenvalue weighted by atomic mass is 19.1. The van der Waals surface area contributed by atoms with Crippen LogP contribution in [0.5, 0.6) is 5.75 Å². The predicted molar refractivity (Wildman–Crippen MR) is 95.4 cm³/mol. The second-order valence-corrected chi connectivity index (χ2v) is 6.39. The smallest absolute Gasteiger partial charge is 0.143 e. The molecule has 25 heavy (non-hydrogen) atoms.